The van der Waals surface area contributed by atoms with Crippen LogP contribution in [0.15, 0.2) is 18.2 Å². The third-order valence-corrected chi connectivity index (χ3v) is 1.52. The van der Waals surface area contributed by atoms with Gasteiger partial charge in [-0.05, 0) is 13.0 Å². The fourth-order valence-corrected chi connectivity index (χ4v) is 0.918. The molecule has 4 N–H and O–H groups in total. The normalized spacial score (nSPS) is 9.73. The Morgan fingerprint density at radius 2 is 2.00 bits per heavy atom. The smallest absolute Gasteiger partial charge is 0.423 e. The van der Waals surface area contributed by atoms with Crippen molar-refractivity contribution in [3.63, 3.8) is 0 Å². The minimum Gasteiger partial charge on any atom is -0.423 e. The van der Waals surface area contributed by atoms with E-state index in [1.807, 2.05) is 13.0 Å². The van der Waals surface area contributed by atoms with Crippen molar-refractivity contribution in [2.75, 3.05) is 5.73 Å². The van der Waals surface area contributed by atoms with Gasteiger partial charge in [0, 0.05) is 11.2 Å². The maximum absolute atomic E-state index is 8.80. The van der Waals surface area contributed by atoms with E-state index >= 15 is 0 Å². The molecule has 0 aromatic heterocycles. The van der Waals surface area contributed by atoms with Crippen LogP contribution in [0, 0.1) is 6.92 Å². The van der Waals surface area contributed by atoms with Gasteiger partial charge in [-0.15, -0.1) is 0 Å². The Bertz CT molecular complexity index is 263. The van der Waals surface area contributed by atoms with E-state index in [2.05, 4.69) is 0 Å². The molecule has 0 unspecified atom stereocenters. The number of hydrogen-bond acceptors (Lipinski definition) is 3. The summed E-state index contributed by atoms with van der Waals surface area (Å²) in [5.41, 5.74) is 7.20. The predicted molar refractivity (Wildman–Crippen MR) is 45.4 cm³/mol. The second-order valence-electron chi connectivity index (χ2n) is 2.51. The topological polar surface area (TPSA) is 66.5 Å². The molecule has 3 nitrogen and oxygen atoms in total. The van der Waals surface area contributed by atoms with Crippen LogP contribution in [0.3, 0.4) is 0 Å². The Balaban J connectivity index is 3.13. The number of nitrogen functional groups attached to an aromatic ring is 1. The van der Waals surface area contributed by atoms with Gasteiger partial charge in [0.05, 0.1) is 0 Å². The van der Waals surface area contributed by atoms with Crippen LogP contribution in [0.2, 0.25) is 0 Å². The molecule has 0 spiro atoms. The van der Waals surface area contributed by atoms with E-state index in [9.17, 15) is 0 Å². The first-order valence-electron chi connectivity index (χ1n) is 3.33. The number of hydrogen-bond donors (Lipinski definition) is 3. The predicted octanol–water partition coefficient (Wildman–Crippen LogP) is -0.743. The molecule has 11 heavy (non-hydrogen) atoms. The first-order chi connectivity index (χ1) is 5.11. The lowest BCUT2D eigenvalue weighted by molar-refractivity contribution is 0.426. The third-order valence-electron chi connectivity index (χ3n) is 1.52. The molecule has 1 aromatic carbocycles. The molecule has 0 atom stereocenters. The van der Waals surface area contributed by atoms with Gasteiger partial charge in [-0.1, -0.05) is 17.7 Å². The van der Waals surface area contributed by atoms with Crippen molar-refractivity contribution in [2.24, 2.45) is 0 Å². The molecule has 0 fully saturated rings. The molecule has 4 heteroatoms. The van der Waals surface area contributed by atoms with Crippen LogP contribution >= 0.6 is 0 Å². The molecule has 0 radical (unpaired) electrons. The summed E-state index contributed by atoms with van der Waals surface area (Å²) in [6.07, 6.45) is 0. The number of rotatable bonds is 1. The highest BCUT2D eigenvalue weighted by molar-refractivity contribution is 6.60. The van der Waals surface area contributed by atoms with E-state index < -0.39 is 7.12 Å². The standard InChI is InChI=1S/C7H10BNO2/c1-5-2-3-7(9)6(4-5)8(10)11/h2-4,10-11H,9H2,1H3. The van der Waals surface area contributed by atoms with Gasteiger partial charge in [0.15, 0.2) is 0 Å². The molecule has 1 rings (SSSR count). The summed E-state index contributed by atoms with van der Waals surface area (Å²) in [6.45, 7) is 1.87. The Kier molecular flexibility index (Phi) is 2.17. The molecule has 0 aliphatic rings. The summed E-state index contributed by atoms with van der Waals surface area (Å²) in [7, 11) is -1.48. The van der Waals surface area contributed by atoms with Crippen LogP contribution in [0.5, 0.6) is 0 Å². The lowest BCUT2D eigenvalue weighted by Gasteiger charge is -2.04. The van der Waals surface area contributed by atoms with E-state index in [0.717, 1.165) is 5.56 Å². The van der Waals surface area contributed by atoms with Crippen molar-refractivity contribution in [3.05, 3.63) is 23.8 Å². The highest BCUT2D eigenvalue weighted by Crippen LogP contribution is 2.01. The van der Waals surface area contributed by atoms with Crippen LogP contribution in [-0.2, 0) is 0 Å². The minimum absolute atomic E-state index is 0.366. The van der Waals surface area contributed by atoms with Crippen molar-refractivity contribution in [1.29, 1.82) is 0 Å². The van der Waals surface area contributed by atoms with Gasteiger partial charge in [0.1, 0.15) is 0 Å². The first kappa shape index (κ1) is 8.10. The fraction of sp³-hybridized carbons (Fsp3) is 0.143. The molecular formula is C7H10BNO2. The Hall–Kier alpha value is -0.995. The van der Waals surface area contributed by atoms with Crippen molar-refractivity contribution >= 4 is 18.3 Å². The SMILES string of the molecule is Cc1ccc(N)c(B(O)O)c1. The third kappa shape index (κ3) is 1.72. The molecule has 0 amide bonds. The maximum atomic E-state index is 8.80. The molecule has 58 valence electrons. The average molecular weight is 151 g/mol. The molecule has 0 aliphatic heterocycles. The molecule has 0 heterocycles. The maximum Gasteiger partial charge on any atom is 0.490 e. The van der Waals surface area contributed by atoms with Crippen LogP contribution < -0.4 is 11.2 Å². The van der Waals surface area contributed by atoms with Crippen molar-refractivity contribution in [1.82, 2.24) is 0 Å². The van der Waals surface area contributed by atoms with Crippen molar-refractivity contribution < 1.29 is 10.0 Å². The zero-order chi connectivity index (χ0) is 8.43. The van der Waals surface area contributed by atoms with Crippen LogP contribution in [0.4, 0.5) is 5.69 Å². The van der Waals surface area contributed by atoms with Gasteiger partial charge in [-0.25, -0.2) is 0 Å². The van der Waals surface area contributed by atoms with Gasteiger partial charge < -0.3 is 15.8 Å². The van der Waals surface area contributed by atoms with Crippen molar-refractivity contribution in [3.8, 4) is 0 Å². The zero-order valence-corrected chi connectivity index (χ0v) is 6.28. The molecule has 0 saturated carbocycles. The number of anilines is 1. The second-order valence-corrected chi connectivity index (χ2v) is 2.51. The molecule has 0 saturated heterocycles. The molecule has 0 bridgehead atoms. The summed E-state index contributed by atoms with van der Waals surface area (Å²) < 4.78 is 0. The molecule has 0 aliphatic carbocycles. The molecular weight excluding hydrogens is 141 g/mol. The molecule has 1 aromatic rings. The summed E-state index contributed by atoms with van der Waals surface area (Å²) in [5, 5.41) is 17.6. The van der Waals surface area contributed by atoms with Crippen LogP contribution in [0.1, 0.15) is 5.56 Å². The van der Waals surface area contributed by atoms with E-state index in [0.29, 0.717) is 11.2 Å². The zero-order valence-electron chi connectivity index (χ0n) is 6.28. The average Bonchev–Trinajstić information content (AvgIpc) is 1.94. The van der Waals surface area contributed by atoms with Crippen LogP contribution in [-0.4, -0.2) is 17.2 Å². The van der Waals surface area contributed by atoms with Crippen LogP contribution in [0.25, 0.3) is 0 Å². The highest BCUT2D eigenvalue weighted by atomic mass is 16.4. The minimum atomic E-state index is -1.48. The van der Waals surface area contributed by atoms with E-state index in [1.165, 1.54) is 0 Å². The quantitative estimate of drug-likeness (QED) is 0.365. The monoisotopic (exact) mass is 151 g/mol. The lowest BCUT2D eigenvalue weighted by atomic mass is 9.78. The summed E-state index contributed by atoms with van der Waals surface area (Å²) in [6, 6.07) is 5.13. The summed E-state index contributed by atoms with van der Waals surface area (Å²) >= 11 is 0. The Morgan fingerprint density at radius 1 is 1.36 bits per heavy atom. The summed E-state index contributed by atoms with van der Waals surface area (Å²) in [4.78, 5) is 0. The van der Waals surface area contributed by atoms with Gasteiger partial charge in [0.2, 0.25) is 0 Å². The number of nitrogens with two attached hydrogens (primary N) is 1. The van der Waals surface area contributed by atoms with Crippen molar-refractivity contribution in [2.45, 2.75) is 6.92 Å². The first-order valence-corrected chi connectivity index (χ1v) is 3.33. The van der Waals surface area contributed by atoms with E-state index in [-0.39, 0.29) is 0 Å². The number of benzene rings is 1. The van der Waals surface area contributed by atoms with E-state index in [1.54, 1.807) is 12.1 Å². The van der Waals surface area contributed by atoms with Gasteiger partial charge in [0.25, 0.3) is 0 Å². The lowest BCUT2D eigenvalue weighted by Crippen LogP contribution is -2.32. The van der Waals surface area contributed by atoms with Gasteiger partial charge in [-0.2, -0.15) is 0 Å². The largest absolute Gasteiger partial charge is 0.490 e. The summed E-state index contributed by atoms with van der Waals surface area (Å²) in [5.74, 6) is 0. The Morgan fingerprint density at radius 3 is 2.45 bits per heavy atom. The fourth-order valence-electron chi connectivity index (χ4n) is 0.918. The second kappa shape index (κ2) is 2.94. The van der Waals surface area contributed by atoms with E-state index in [4.69, 9.17) is 15.8 Å². The highest BCUT2D eigenvalue weighted by Gasteiger charge is 2.13. The number of aryl methyl sites for hydroxylation is 1. The Labute approximate surface area is 65.6 Å². The van der Waals surface area contributed by atoms with Gasteiger partial charge >= 0.3 is 7.12 Å². The van der Waals surface area contributed by atoms with Gasteiger partial charge in [-0.3, -0.25) is 0 Å².